The highest BCUT2D eigenvalue weighted by Gasteiger charge is 2.09. The summed E-state index contributed by atoms with van der Waals surface area (Å²) < 4.78 is 1.73. The van der Waals surface area contributed by atoms with Gasteiger partial charge in [0.15, 0.2) is 11.0 Å². The largest absolute Gasteiger partial charge is 0.347 e. The molecule has 0 aliphatic heterocycles. The van der Waals surface area contributed by atoms with Crippen LogP contribution in [-0.4, -0.2) is 26.0 Å². The zero-order valence-electron chi connectivity index (χ0n) is 19.5. The van der Waals surface area contributed by atoms with Gasteiger partial charge in [-0.25, -0.2) is 14.5 Å². The van der Waals surface area contributed by atoms with E-state index in [-0.39, 0.29) is 5.17 Å². The lowest BCUT2D eigenvalue weighted by Gasteiger charge is -2.13. The van der Waals surface area contributed by atoms with Gasteiger partial charge in [-0.2, -0.15) is 4.99 Å². The Morgan fingerprint density at radius 1 is 0.882 bits per heavy atom. The van der Waals surface area contributed by atoms with Crippen molar-refractivity contribution in [2.24, 2.45) is 4.99 Å². The minimum absolute atomic E-state index is 0.218. The number of amides is 2. The summed E-state index contributed by atoms with van der Waals surface area (Å²) in [7, 11) is 0. The highest BCUT2D eigenvalue weighted by atomic mass is 32.1. The summed E-state index contributed by atoms with van der Waals surface area (Å²) in [6, 6.07) is 19.0. The molecule has 0 radical (unpaired) electrons. The third-order valence-corrected chi connectivity index (χ3v) is 5.52. The van der Waals surface area contributed by atoms with E-state index in [9.17, 15) is 4.79 Å². The van der Waals surface area contributed by atoms with Gasteiger partial charge < -0.3 is 10.6 Å². The number of hydrogen-bond acceptors (Lipinski definition) is 3. The lowest BCUT2D eigenvalue weighted by atomic mass is 10.1. The molecular weight excluding hydrogens is 444 g/mol. The van der Waals surface area contributed by atoms with Crippen molar-refractivity contribution in [2.45, 2.75) is 27.7 Å². The summed E-state index contributed by atoms with van der Waals surface area (Å²) in [6.45, 7) is 8.10. The number of carbonyl (C=O) groups excluding carboxylic acids is 1. The molecule has 0 aliphatic carbocycles. The molecule has 0 atom stereocenters. The molecule has 172 valence electrons. The molecule has 7 nitrogen and oxygen atoms in total. The molecule has 4 aromatic rings. The molecule has 1 aromatic heterocycles. The van der Waals surface area contributed by atoms with Gasteiger partial charge in [0.05, 0.1) is 5.69 Å². The Kier molecular flexibility index (Phi) is 6.79. The molecule has 4 rings (SSSR count). The van der Waals surface area contributed by atoms with Crippen LogP contribution in [0.15, 0.2) is 72.0 Å². The zero-order chi connectivity index (χ0) is 24.2. The Hall–Kier alpha value is -3.91. The van der Waals surface area contributed by atoms with Crippen LogP contribution in [-0.2, 0) is 0 Å². The van der Waals surface area contributed by atoms with Gasteiger partial charge >= 0.3 is 6.03 Å². The van der Waals surface area contributed by atoms with Crippen LogP contribution in [0.25, 0.3) is 17.1 Å². The average Bonchev–Trinajstić information content (AvgIpc) is 3.27. The van der Waals surface area contributed by atoms with Gasteiger partial charge in [-0.05, 0) is 75.2 Å². The third-order valence-electron chi connectivity index (χ3n) is 5.31. The van der Waals surface area contributed by atoms with Crippen molar-refractivity contribution in [1.29, 1.82) is 0 Å². The van der Waals surface area contributed by atoms with Gasteiger partial charge in [-0.3, -0.25) is 0 Å². The van der Waals surface area contributed by atoms with Crippen LogP contribution in [0.1, 0.15) is 22.3 Å². The molecule has 0 saturated carbocycles. The molecule has 2 N–H and O–H groups in total. The fraction of sp³-hybridized carbons (Fsp3) is 0.154. The Bertz CT molecular complexity index is 1330. The first-order chi connectivity index (χ1) is 16.3. The smallest absolute Gasteiger partial charge is 0.334 e. The fourth-order valence-electron chi connectivity index (χ4n) is 3.68. The van der Waals surface area contributed by atoms with Crippen LogP contribution in [0.5, 0.6) is 0 Å². The first-order valence-corrected chi connectivity index (χ1v) is 11.3. The minimum Gasteiger partial charge on any atom is -0.334 e. The number of thiol groups is 1. The summed E-state index contributed by atoms with van der Waals surface area (Å²) >= 11 is 4.33. The summed E-state index contributed by atoms with van der Waals surface area (Å²) in [5.74, 6) is 0.599. The predicted octanol–water partition coefficient (Wildman–Crippen LogP) is 6.10. The SMILES string of the molecule is Cc1ccc(-n2cnc(-c3ccc(NC(=O)/N=C(\S)Nc4c(C)cc(C)cc4C)cc3)n2)cc1. The standard InChI is InChI=1S/C26H26N6OS/c1-16-5-11-22(12-6-16)32-15-27-24(31-32)20-7-9-21(10-8-20)28-25(33)30-26(34)29-23-18(3)13-17(2)14-19(23)4/h5-15H,1-4H3,(H3,28,29,30,33,34). The topological polar surface area (TPSA) is 84.2 Å². The zero-order valence-corrected chi connectivity index (χ0v) is 20.4. The summed E-state index contributed by atoms with van der Waals surface area (Å²) in [5, 5.41) is 10.6. The number of anilines is 2. The number of aryl methyl sites for hydroxylation is 4. The van der Waals surface area contributed by atoms with Crippen molar-refractivity contribution < 1.29 is 4.79 Å². The number of amidine groups is 1. The number of nitrogens with zero attached hydrogens (tertiary/aromatic N) is 4. The molecule has 0 bridgehead atoms. The number of aromatic nitrogens is 3. The van der Waals surface area contributed by atoms with Gasteiger partial charge in [0.25, 0.3) is 0 Å². The second-order valence-corrected chi connectivity index (χ2v) is 8.61. The van der Waals surface area contributed by atoms with E-state index in [0.717, 1.165) is 28.1 Å². The Morgan fingerprint density at radius 2 is 1.53 bits per heavy atom. The summed E-state index contributed by atoms with van der Waals surface area (Å²) in [5.41, 5.74) is 7.78. The van der Waals surface area contributed by atoms with E-state index in [1.165, 1.54) is 11.1 Å². The molecule has 0 fully saturated rings. The van der Waals surface area contributed by atoms with Crippen LogP contribution in [0.3, 0.4) is 0 Å². The van der Waals surface area contributed by atoms with E-state index in [4.69, 9.17) is 0 Å². The highest BCUT2D eigenvalue weighted by Crippen LogP contribution is 2.23. The maximum Gasteiger partial charge on any atom is 0.347 e. The monoisotopic (exact) mass is 470 g/mol. The molecule has 2 amide bonds. The van der Waals surface area contributed by atoms with E-state index in [1.54, 1.807) is 23.1 Å². The first-order valence-electron chi connectivity index (χ1n) is 10.8. The molecule has 8 heteroatoms. The van der Waals surface area contributed by atoms with Gasteiger partial charge in [0.2, 0.25) is 0 Å². The molecule has 0 unspecified atom stereocenters. The summed E-state index contributed by atoms with van der Waals surface area (Å²) in [4.78, 5) is 20.7. The van der Waals surface area contributed by atoms with Gasteiger partial charge in [-0.1, -0.05) is 35.4 Å². The van der Waals surface area contributed by atoms with Crippen molar-refractivity contribution in [2.75, 3.05) is 10.6 Å². The number of nitrogens with one attached hydrogen (secondary N) is 2. The maximum atomic E-state index is 12.4. The first kappa shape index (κ1) is 23.3. The molecule has 0 spiro atoms. The number of carbonyl (C=O) groups is 1. The van der Waals surface area contributed by atoms with Crippen molar-refractivity contribution in [1.82, 2.24) is 14.8 Å². The molecule has 34 heavy (non-hydrogen) atoms. The van der Waals surface area contributed by atoms with Crippen LogP contribution in [0.2, 0.25) is 0 Å². The minimum atomic E-state index is -0.519. The fourth-order valence-corrected chi connectivity index (χ4v) is 3.89. The number of hydrogen-bond donors (Lipinski definition) is 3. The van der Waals surface area contributed by atoms with Crippen LogP contribution < -0.4 is 10.6 Å². The van der Waals surface area contributed by atoms with Crippen LogP contribution in [0, 0.1) is 27.7 Å². The number of rotatable bonds is 4. The van der Waals surface area contributed by atoms with Gasteiger partial charge in [-0.15, -0.1) is 17.7 Å². The molecular formula is C26H26N6OS. The predicted molar refractivity (Wildman–Crippen MR) is 141 cm³/mol. The van der Waals surface area contributed by atoms with Gasteiger partial charge in [0.1, 0.15) is 6.33 Å². The van der Waals surface area contributed by atoms with E-state index in [2.05, 4.69) is 50.5 Å². The quantitative estimate of drug-likeness (QED) is 0.191. The molecule has 0 saturated heterocycles. The van der Waals surface area contributed by atoms with E-state index in [0.29, 0.717) is 11.5 Å². The highest BCUT2D eigenvalue weighted by molar-refractivity contribution is 7.97. The van der Waals surface area contributed by atoms with Crippen molar-refractivity contribution >= 4 is 35.2 Å². The second-order valence-electron chi connectivity index (χ2n) is 8.19. The van der Waals surface area contributed by atoms with Crippen LogP contribution in [0.4, 0.5) is 16.2 Å². The Morgan fingerprint density at radius 3 is 2.18 bits per heavy atom. The van der Waals surface area contributed by atoms with Crippen molar-refractivity contribution in [3.63, 3.8) is 0 Å². The lowest BCUT2D eigenvalue weighted by molar-refractivity contribution is 0.259. The normalized spacial score (nSPS) is 11.4. The van der Waals surface area contributed by atoms with E-state index < -0.39 is 6.03 Å². The number of benzene rings is 3. The Balaban J connectivity index is 1.41. The van der Waals surface area contributed by atoms with Crippen molar-refractivity contribution in [3.8, 4) is 17.1 Å². The second kappa shape index (κ2) is 9.93. The lowest BCUT2D eigenvalue weighted by Crippen LogP contribution is -2.14. The Labute approximate surface area is 204 Å². The molecule has 1 heterocycles. The number of aliphatic imine (C=N–C) groups is 1. The average molecular weight is 471 g/mol. The number of urea groups is 1. The third kappa shape index (κ3) is 5.52. The molecule has 3 aromatic carbocycles. The molecule has 0 aliphatic rings. The summed E-state index contributed by atoms with van der Waals surface area (Å²) in [6.07, 6.45) is 1.68. The van der Waals surface area contributed by atoms with E-state index >= 15 is 0 Å². The van der Waals surface area contributed by atoms with Crippen molar-refractivity contribution in [3.05, 3.63) is 89.2 Å². The maximum absolute atomic E-state index is 12.4. The van der Waals surface area contributed by atoms with Gasteiger partial charge in [0, 0.05) is 16.9 Å². The van der Waals surface area contributed by atoms with Crippen LogP contribution >= 0.6 is 12.6 Å². The van der Waals surface area contributed by atoms with E-state index in [1.807, 2.05) is 64.1 Å².